The molecule has 0 spiro atoms. The van der Waals surface area contributed by atoms with Gasteiger partial charge >= 0.3 is 5.63 Å². The van der Waals surface area contributed by atoms with Crippen LogP contribution in [-0.4, -0.2) is 13.7 Å². The van der Waals surface area contributed by atoms with E-state index >= 15 is 0 Å². The topological polar surface area (TPSA) is 56.0 Å². The van der Waals surface area contributed by atoms with Crippen molar-refractivity contribution in [3.63, 3.8) is 0 Å². The fourth-order valence-electron chi connectivity index (χ4n) is 3.12. The van der Waals surface area contributed by atoms with Crippen LogP contribution in [0.25, 0.3) is 11.0 Å². The Kier molecular flexibility index (Phi) is 5.19. The van der Waals surface area contributed by atoms with Crippen molar-refractivity contribution in [2.24, 2.45) is 0 Å². The number of rotatable bonds is 6. The first kappa shape index (κ1) is 17.2. The molecule has 0 saturated carbocycles. The number of nitrogens with two attached hydrogens (primary N) is 1. The number of para-hydroxylation sites is 1. The zero-order valence-electron chi connectivity index (χ0n) is 15.0. The summed E-state index contributed by atoms with van der Waals surface area (Å²) in [5, 5.41) is 3.24. The summed E-state index contributed by atoms with van der Waals surface area (Å²) in [6.45, 7) is 5.70. The zero-order chi connectivity index (χ0) is 17.8. The van der Waals surface area contributed by atoms with E-state index in [9.17, 15) is 4.79 Å². The SMILES string of the molecule is COc1ccccc1CC[NH2+]Cc1cc(=O)oc2c(C)c(C)ccc12. The summed E-state index contributed by atoms with van der Waals surface area (Å²) in [5.41, 5.74) is 4.81. The number of fused-ring (bicyclic) bond motifs is 1. The van der Waals surface area contributed by atoms with Crippen LogP contribution in [0.4, 0.5) is 0 Å². The molecule has 3 rings (SSSR count). The zero-order valence-corrected chi connectivity index (χ0v) is 15.0. The Morgan fingerprint density at radius 2 is 1.88 bits per heavy atom. The highest BCUT2D eigenvalue weighted by Crippen LogP contribution is 2.22. The summed E-state index contributed by atoms with van der Waals surface area (Å²) in [6, 6.07) is 13.8. The van der Waals surface area contributed by atoms with Gasteiger partial charge in [-0.1, -0.05) is 30.3 Å². The summed E-state index contributed by atoms with van der Waals surface area (Å²) in [4.78, 5) is 11.9. The molecular weight excluding hydrogens is 314 g/mol. The summed E-state index contributed by atoms with van der Waals surface area (Å²) in [6.07, 6.45) is 0.918. The van der Waals surface area contributed by atoms with Crippen LogP contribution in [0.3, 0.4) is 0 Å². The van der Waals surface area contributed by atoms with Crippen LogP contribution in [0.2, 0.25) is 0 Å². The van der Waals surface area contributed by atoms with Gasteiger partial charge in [0.15, 0.2) is 0 Å². The average molecular weight is 338 g/mol. The number of hydrogen-bond donors (Lipinski definition) is 1. The van der Waals surface area contributed by atoms with Crippen LogP contribution >= 0.6 is 0 Å². The molecule has 0 unspecified atom stereocenters. The third-order valence-electron chi connectivity index (χ3n) is 4.69. The minimum absolute atomic E-state index is 0.283. The van der Waals surface area contributed by atoms with E-state index in [-0.39, 0.29) is 5.63 Å². The molecule has 0 aliphatic heterocycles. The lowest BCUT2D eigenvalue weighted by molar-refractivity contribution is -0.670. The molecule has 0 aliphatic rings. The van der Waals surface area contributed by atoms with Crippen molar-refractivity contribution in [1.82, 2.24) is 0 Å². The lowest BCUT2D eigenvalue weighted by atomic mass is 10.0. The Labute approximate surface area is 147 Å². The van der Waals surface area contributed by atoms with E-state index in [1.807, 2.05) is 38.1 Å². The predicted octanol–water partition coefficient (Wildman–Crippen LogP) is 2.72. The maximum Gasteiger partial charge on any atom is 0.336 e. The Bertz CT molecular complexity index is 944. The highest BCUT2D eigenvalue weighted by atomic mass is 16.5. The second kappa shape index (κ2) is 7.53. The molecule has 2 N–H and O–H groups in total. The fourth-order valence-corrected chi connectivity index (χ4v) is 3.12. The van der Waals surface area contributed by atoms with Gasteiger partial charge < -0.3 is 14.5 Å². The van der Waals surface area contributed by atoms with E-state index in [0.29, 0.717) is 5.58 Å². The molecule has 0 bridgehead atoms. The van der Waals surface area contributed by atoms with E-state index in [4.69, 9.17) is 9.15 Å². The first-order valence-electron chi connectivity index (χ1n) is 8.56. The molecule has 1 aromatic heterocycles. The lowest BCUT2D eigenvalue weighted by Gasteiger charge is -2.09. The van der Waals surface area contributed by atoms with Crippen molar-refractivity contribution in [1.29, 1.82) is 0 Å². The Hall–Kier alpha value is -2.59. The maximum atomic E-state index is 11.9. The van der Waals surface area contributed by atoms with E-state index in [0.717, 1.165) is 47.3 Å². The third kappa shape index (κ3) is 3.74. The second-order valence-electron chi connectivity index (χ2n) is 6.32. The highest BCUT2D eigenvalue weighted by molar-refractivity contribution is 5.83. The number of hydrogen-bond acceptors (Lipinski definition) is 3. The van der Waals surface area contributed by atoms with Gasteiger partial charge in [0.2, 0.25) is 0 Å². The summed E-state index contributed by atoms with van der Waals surface area (Å²) >= 11 is 0. The van der Waals surface area contributed by atoms with Crippen LogP contribution in [-0.2, 0) is 13.0 Å². The molecule has 25 heavy (non-hydrogen) atoms. The van der Waals surface area contributed by atoms with E-state index in [1.54, 1.807) is 13.2 Å². The minimum Gasteiger partial charge on any atom is -0.496 e. The van der Waals surface area contributed by atoms with Crippen molar-refractivity contribution in [2.75, 3.05) is 13.7 Å². The number of methoxy groups -OCH3 is 1. The van der Waals surface area contributed by atoms with Crippen LogP contribution in [0.5, 0.6) is 5.75 Å². The molecule has 0 atom stereocenters. The van der Waals surface area contributed by atoms with Crippen molar-refractivity contribution in [3.8, 4) is 5.75 Å². The molecule has 1 heterocycles. The van der Waals surface area contributed by atoms with Crippen LogP contribution in [0.1, 0.15) is 22.3 Å². The van der Waals surface area contributed by atoms with Crippen molar-refractivity contribution < 1.29 is 14.5 Å². The molecule has 3 aromatic rings. The van der Waals surface area contributed by atoms with Crippen LogP contribution in [0.15, 0.2) is 51.7 Å². The maximum absolute atomic E-state index is 11.9. The first-order chi connectivity index (χ1) is 12.1. The molecule has 0 fully saturated rings. The van der Waals surface area contributed by atoms with Gasteiger partial charge in [-0.25, -0.2) is 4.79 Å². The van der Waals surface area contributed by atoms with Crippen LogP contribution in [0, 0.1) is 13.8 Å². The Morgan fingerprint density at radius 3 is 2.68 bits per heavy atom. The van der Waals surface area contributed by atoms with Crippen molar-refractivity contribution >= 4 is 11.0 Å². The van der Waals surface area contributed by atoms with Crippen molar-refractivity contribution in [2.45, 2.75) is 26.8 Å². The van der Waals surface area contributed by atoms with Gasteiger partial charge in [-0.15, -0.1) is 0 Å². The summed E-state index contributed by atoms with van der Waals surface area (Å²) in [7, 11) is 1.70. The molecule has 130 valence electrons. The Balaban J connectivity index is 1.73. The monoisotopic (exact) mass is 338 g/mol. The first-order valence-corrected chi connectivity index (χ1v) is 8.56. The predicted molar refractivity (Wildman–Crippen MR) is 99.2 cm³/mol. The number of ether oxygens (including phenoxy) is 1. The van der Waals surface area contributed by atoms with E-state index in [1.165, 1.54) is 5.56 Å². The molecule has 0 radical (unpaired) electrons. The average Bonchev–Trinajstić information content (AvgIpc) is 2.62. The minimum atomic E-state index is -0.283. The van der Waals surface area contributed by atoms with Gasteiger partial charge in [-0.05, 0) is 36.6 Å². The van der Waals surface area contributed by atoms with E-state index in [2.05, 4.69) is 17.4 Å². The Morgan fingerprint density at radius 1 is 1.08 bits per heavy atom. The molecule has 0 amide bonds. The number of aryl methyl sites for hydroxylation is 2. The van der Waals surface area contributed by atoms with Gasteiger partial charge in [0.05, 0.1) is 13.7 Å². The van der Waals surface area contributed by atoms with E-state index < -0.39 is 0 Å². The lowest BCUT2D eigenvalue weighted by Crippen LogP contribution is -2.83. The highest BCUT2D eigenvalue weighted by Gasteiger charge is 2.11. The number of benzene rings is 2. The van der Waals surface area contributed by atoms with Crippen LogP contribution < -0.4 is 15.7 Å². The van der Waals surface area contributed by atoms with Gasteiger partial charge in [0.25, 0.3) is 0 Å². The summed E-state index contributed by atoms with van der Waals surface area (Å²) < 4.78 is 10.8. The van der Waals surface area contributed by atoms with Gasteiger partial charge in [0, 0.05) is 23.4 Å². The molecule has 4 heteroatoms. The summed E-state index contributed by atoms with van der Waals surface area (Å²) in [5.74, 6) is 0.924. The fraction of sp³-hybridized carbons (Fsp3) is 0.286. The van der Waals surface area contributed by atoms with Gasteiger partial charge in [-0.2, -0.15) is 0 Å². The largest absolute Gasteiger partial charge is 0.496 e. The second-order valence-corrected chi connectivity index (χ2v) is 6.32. The molecular formula is C21H24NO3+. The quantitative estimate of drug-likeness (QED) is 0.555. The smallest absolute Gasteiger partial charge is 0.336 e. The normalized spacial score (nSPS) is 11.0. The molecule has 2 aromatic carbocycles. The van der Waals surface area contributed by atoms with Gasteiger partial charge in [0.1, 0.15) is 17.9 Å². The van der Waals surface area contributed by atoms with Crippen molar-refractivity contribution in [3.05, 3.63) is 75.1 Å². The number of quaternary nitrogens is 1. The molecule has 0 aliphatic carbocycles. The van der Waals surface area contributed by atoms with Gasteiger partial charge in [-0.3, -0.25) is 0 Å². The molecule has 0 saturated heterocycles. The third-order valence-corrected chi connectivity index (χ3v) is 4.69. The standard InChI is InChI=1S/C21H23NO3/c1-14-8-9-18-17(12-20(23)25-21(18)15(14)2)13-22-11-10-16-6-4-5-7-19(16)24-3/h4-9,12,22H,10-11,13H2,1-3H3/p+1. The molecule has 4 nitrogen and oxygen atoms in total.